The van der Waals surface area contributed by atoms with Crippen molar-refractivity contribution < 1.29 is 23.5 Å². The predicted octanol–water partition coefficient (Wildman–Crippen LogP) is 5.73. The van der Waals surface area contributed by atoms with Crippen molar-refractivity contribution in [3.05, 3.63) is 60.8 Å². The van der Waals surface area contributed by atoms with Gasteiger partial charge in [0.1, 0.15) is 5.82 Å². The number of nitrogens with zero attached hydrogens (tertiary/aromatic N) is 1. The quantitative estimate of drug-likeness (QED) is 0.342. The number of carbonyl (C=O) groups is 2. The van der Waals surface area contributed by atoms with Crippen molar-refractivity contribution >= 4 is 63.2 Å². The average molecular weight is 548 g/mol. The molecule has 0 aliphatic carbocycles. The summed E-state index contributed by atoms with van der Waals surface area (Å²) in [6.07, 6.45) is 1.61. The van der Waals surface area contributed by atoms with Crippen molar-refractivity contribution in [3.63, 3.8) is 0 Å². The number of thioether (sulfide) groups is 1. The number of halogens is 3. The van der Waals surface area contributed by atoms with E-state index in [1.54, 1.807) is 12.1 Å². The van der Waals surface area contributed by atoms with Gasteiger partial charge in [0.15, 0.2) is 11.5 Å². The highest BCUT2D eigenvalue weighted by Crippen LogP contribution is 2.38. The second-order valence-electron chi connectivity index (χ2n) is 5.94. The van der Waals surface area contributed by atoms with Crippen LogP contribution in [0.3, 0.4) is 0 Å². The molecule has 0 aromatic heterocycles. The Morgan fingerprint density at radius 3 is 2.72 bits per heavy atom. The summed E-state index contributed by atoms with van der Waals surface area (Å²) >= 11 is 8.94. The van der Waals surface area contributed by atoms with E-state index in [0.29, 0.717) is 23.7 Å². The number of methoxy groups -OCH3 is 1. The molecule has 9 heteroatoms. The van der Waals surface area contributed by atoms with Gasteiger partial charge in [-0.05, 0) is 77.2 Å². The van der Waals surface area contributed by atoms with Crippen LogP contribution < -0.4 is 9.47 Å². The van der Waals surface area contributed by atoms with Gasteiger partial charge in [-0.3, -0.25) is 14.5 Å². The Labute approximate surface area is 190 Å². The molecule has 0 spiro atoms. The lowest BCUT2D eigenvalue weighted by molar-refractivity contribution is -0.123. The molecule has 1 aliphatic heterocycles. The zero-order valence-electron chi connectivity index (χ0n) is 15.5. The van der Waals surface area contributed by atoms with Gasteiger partial charge in [0.05, 0.1) is 28.7 Å². The van der Waals surface area contributed by atoms with Crippen LogP contribution in [0.25, 0.3) is 6.08 Å². The summed E-state index contributed by atoms with van der Waals surface area (Å²) < 4.78 is 25.8. The molecular formula is C20H16ClFINO4S. The first-order chi connectivity index (χ1) is 13.8. The third kappa shape index (κ3) is 4.70. The van der Waals surface area contributed by atoms with E-state index in [-0.39, 0.29) is 22.0 Å². The molecule has 3 rings (SSSR count). The topological polar surface area (TPSA) is 55.8 Å². The fourth-order valence-corrected chi connectivity index (χ4v) is 4.58. The first-order valence-electron chi connectivity index (χ1n) is 8.54. The number of ether oxygens (including phenoxy) is 2. The van der Waals surface area contributed by atoms with Gasteiger partial charge in [0.2, 0.25) is 0 Å². The standard InChI is InChI=1S/C20H16ClFINO4S/c1-3-28-18-15(23)7-11(8-16(18)27-2)9-17-19(25)24(20(26)29-17)10-12-13(21)5-4-6-14(12)22/h4-9H,3,10H2,1-2H3/b17-9+. The lowest BCUT2D eigenvalue weighted by atomic mass is 10.1. The molecule has 2 aromatic rings. The molecule has 0 bridgehead atoms. The summed E-state index contributed by atoms with van der Waals surface area (Å²) in [5, 5.41) is -0.313. The maximum atomic E-state index is 14.0. The number of carbonyl (C=O) groups excluding carboxylic acids is 2. The SMILES string of the molecule is CCOc1c(I)cc(/C=C2/SC(=O)N(Cc3c(F)cccc3Cl)C2=O)cc1OC. The first kappa shape index (κ1) is 21.9. The number of benzene rings is 2. The number of amides is 2. The Kier molecular flexibility index (Phi) is 7.07. The van der Waals surface area contributed by atoms with Crippen LogP contribution in [0.15, 0.2) is 35.2 Å². The molecule has 0 N–H and O–H groups in total. The molecule has 0 unspecified atom stereocenters. The van der Waals surface area contributed by atoms with Gasteiger partial charge in [-0.1, -0.05) is 17.7 Å². The van der Waals surface area contributed by atoms with Gasteiger partial charge in [-0.2, -0.15) is 0 Å². The Balaban J connectivity index is 1.89. The Hall–Kier alpha value is -1.78. The minimum absolute atomic E-state index is 0.106. The van der Waals surface area contributed by atoms with E-state index in [0.717, 1.165) is 20.2 Å². The summed E-state index contributed by atoms with van der Waals surface area (Å²) in [7, 11) is 1.53. The summed E-state index contributed by atoms with van der Waals surface area (Å²) in [6.45, 7) is 2.14. The fraction of sp³-hybridized carbons (Fsp3) is 0.200. The molecular weight excluding hydrogens is 532 g/mol. The van der Waals surface area contributed by atoms with E-state index in [9.17, 15) is 14.0 Å². The maximum absolute atomic E-state index is 14.0. The molecule has 5 nitrogen and oxygen atoms in total. The monoisotopic (exact) mass is 547 g/mol. The highest BCUT2D eigenvalue weighted by molar-refractivity contribution is 14.1. The van der Waals surface area contributed by atoms with Gasteiger partial charge in [0, 0.05) is 10.6 Å². The molecule has 1 fully saturated rings. The molecule has 0 atom stereocenters. The highest BCUT2D eigenvalue weighted by atomic mass is 127. The number of hydrogen-bond acceptors (Lipinski definition) is 5. The Morgan fingerprint density at radius 2 is 2.07 bits per heavy atom. The number of rotatable bonds is 6. The summed E-state index contributed by atoms with van der Waals surface area (Å²) in [6, 6.07) is 7.79. The van der Waals surface area contributed by atoms with Crippen molar-refractivity contribution in [1.29, 1.82) is 0 Å². The summed E-state index contributed by atoms with van der Waals surface area (Å²) in [5.74, 6) is 0.0888. The molecule has 2 aromatic carbocycles. The van der Waals surface area contributed by atoms with Crippen molar-refractivity contribution in [2.24, 2.45) is 0 Å². The van der Waals surface area contributed by atoms with Crippen LogP contribution in [0.5, 0.6) is 11.5 Å². The third-order valence-electron chi connectivity index (χ3n) is 4.09. The van der Waals surface area contributed by atoms with E-state index in [4.69, 9.17) is 21.1 Å². The molecule has 0 saturated carbocycles. The zero-order chi connectivity index (χ0) is 21.1. The smallest absolute Gasteiger partial charge is 0.293 e. The third-order valence-corrected chi connectivity index (χ3v) is 6.15. The van der Waals surface area contributed by atoms with Gasteiger partial charge in [0.25, 0.3) is 11.1 Å². The Morgan fingerprint density at radius 1 is 1.31 bits per heavy atom. The molecule has 1 saturated heterocycles. The second kappa shape index (κ2) is 9.36. The van der Waals surface area contributed by atoms with Crippen molar-refractivity contribution in [3.8, 4) is 11.5 Å². The lowest BCUT2D eigenvalue weighted by Crippen LogP contribution is -2.28. The highest BCUT2D eigenvalue weighted by Gasteiger charge is 2.36. The van der Waals surface area contributed by atoms with E-state index in [1.165, 1.54) is 25.3 Å². The van der Waals surface area contributed by atoms with E-state index >= 15 is 0 Å². The molecule has 29 heavy (non-hydrogen) atoms. The van der Waals surface area contributed by atoms with Gasteiger partial charge in [-0.15, -0.1) is 0 Å². The largest absolute Gasteiger partial charge is 0.493 e. The first-order valence-corrected chi connectivity index (χ1v) is 10.8. The molecule has 1 aliphatic rings. The number of hydrogen-bond donors (Lipinski definition) is 0. The van der Waals surface area contributed by atoms with Gasteiger partial charge >= 0.3 is 0 Å². The summed E-state index contributed by atoms with van der Waals surface area (Å²) in [5.41, 5.74) is 0.791. The van der Waals surface area contributed by atoms with Gasteiger partial charge in [-0.25, -0.2) is 4.39 Å². The van der Waals surface area contributed by atoms with Crippen LogP contribution in [0.4, 0.5) is 9.18 Å². The predicted molar refractivity (Wildman–Crippen MR) is 120 cm³/mol. The lowest BCUT2D eigenvalue weighted by Gasteiger charge is -2.14. The van der Waals surface area contributed by atoms with Crippen molar-refractivity contribution in [1.82, 2.24) is 4.90 Å². The molecule has 2 amide bonds. The number of imide groups is 1. The van der Waals surface area contributed by atoms with E-state index < -0.39 is 17.0 Å². The normalized spacial score (nSPS) is 15.3. The fourth-order valence-electron chi connectivity index (χ4n) is 2.74. The van der Waals surface area contributed by atoms with Crippen LogP contribution >= 0.6 is 46.0 Å². The van der Waals surface area contributed by atoms with Gasteiger partial charge < -0.3 is 9.47 Å². The molecule has 1 heterocycles. The van der Waals surface area contributed by atoms with Crippen LogP contribution in [0.1, 0.15) is 18.1 Å². The molecule has 152 valence electrons. The minimum Gasteiger partial charge on any atom is -0.493 e. The second-order valence-corrected chi connectivity index (χ2v) is 8.50. The average Bonchev–Trinajstić information content (AvgIpc) is 2.93. The van der Waals surface area contributed by atoms with Crippen molar-refractivity contribution in [2.75, 3.05) is 13.7 Å². The van der Waals surface area contributed by atoms with Crippen LogP contribution in [0, 0.1) is 9.39 Å². The maximum Gasteiger partial charge on any atom is 0.293 e. The van der Waals surface area contributed by atoms with Crippen LogP contribution in [-0.2, 0) is 11.3 Å². The zero-order valence-corrected chi connectivity index (χ0v) is 19.2. The minimum atomic E-state index is -0.564. The van der Waals surface area contributed by atoms with Crippen LogP contribution in [0.2, 0.25) is 5.02 Å². The Bertz CT molecular complexity index is 994. The van der Waals surface area contributed by atoms with E-state index in [2.05, 4.69) is 22.6 Å². The molecule has 0 radical (unpaired) electrons. The van der Waals surface area contributed by atoms with Crippen LogP contribution in [-0.4, -0.2) is 29.8 Å². The summed E-state index contributed by atoms with van der Waals surface area (Å²) in [4.78, 5) is 26.3. The van der Waals surface area contributed by atoms with E-state index in [1.807, 2.05) is 13.0 Å². The van der Waals surface area contributed by atoms with Crippen molar-refractivity contribution in [2.45, 2.75) is 13.5 Å².